The number of hydrogen-bond donors (Lipinski definition) is 1. The number of para-hydroxylation sites is 2. The highest BCUT2D eigenvalue weighted by molar-refractivity contribution is 6.31. The summed E-state index contributed by atoms with van der Waals surface area (Å²) in [5.74, 6) is 0.225. The summed E-state index contributed by atoms with van der Waals surface area (Å²) in [4.78, 5) is 17.1. The predicted octanol–water partition coefficient (Wildman–Crippen LogP) is 5.10. The number of nitrogens with zero attached hydrogens (tertiary/aromatic N) is 2. The molecular formula is C21H23ClFN3O. The van der Waals surface area contributed by atoms with Gasteiger partial charge in [0, 0.05) is 16.0 Å². The Hall–Kier alpha value is -2.40. The van der Waals surface area contributed by atoms with E-state index in [-0.39, 0.29) is 24.3 Å². The van der Waals surface area contributed by atoms with Crippen LogP contribution < -0.4 is 5.32 Å². The number of carbonyl (C=O) groups is 1. The van der Waals surface area contributed by atoms with Gasteiger partial charge in [0.25, 0.3) is 0 Å². The van der Waals surface area contributed by atoms with Crippen LogP contribution in [0.25, 0.3) is 11.0 Å². The number of hydrogen-bond acceptors (Lipinski definition) is 2. The zero-order valence-corrected chi connectivity index (χ0v) is 16.6. The summed E-state index contributed by atoms with van der Waals surface area (Å²) in [6.07, 6.45) is 0. The number of amides is 1. The van der Waals surface area contributed by atoms with E-state index in [0.717, 1.165) is 11.0 Å². The maximum Gasteiger partial charge on any atom is 0.225 e. The molecule has 1 amide bonds. The number of imidazole rings is 1. The zero-order chi connectivity index (χ0) is 19.8. The van der Waals surface area contributed by atoms with Crippen LogP contribution in [-0.2, 0) is 11.3 Å². The van der Waals surface area contributed by atoms with Crippen molar-refractivity contribution in [2.75, 3.05) is 0 Å². The van der Waals surface area contributed by atoms with Gasteiger partial charge in [0.2, 0.25) is 5.91 Å². The highest BCUT2D eigenvalue weighted by atomic mass is 35.5. The minimum atomic E-state index is -0.514. The van der Waals surface area contributed by atoms with E-state index >= 15 is 0 Å². The Morgan fingerprint density at radius 2 is 1.93 bits per heavy atom. The van der Waals surface area contributed by atoms with Gasteiger partial charge >= 0.3 is 0 Å². The lowest BCUT2D eigenvalue weighted by atomic mass is 9.95. The molecule has 0 fully saturated rings. The molecule has 1 heterocycles. The first kappa shape index (κ1) is 19.4. The number of aromatic nitrogens is 2. The fraction of sp³-hybridized carbons (Fsp3) is 0.333. The normalized spacial score (nSPS) is 13.0. The number of fused-ring (bicyclic) bond motifs is 1. The molecule has 142 valence electrons. The van der Waals surface area contributed by atoms with Gasteiger partial charge in [-0.15, -0.1) is 0 Å². The van der Waals surface area contributed by atoms with Crippen molar-refractivity contribution < 1.29 is 9.18 Å². The van der Waals surface area contributed by atoms with Crippen LogP contribution in [-0.4, -0.2) is 15.5 Å². The molecule has 1 aromatic heterocycles. The van der Waals surface area contributed by atoms with Crippen LogP contribution in [0.15, 0.2) is 42.5 Å². The maximum atomic E-state index is 14.4. The van der Waals surface area contributed by atoms with Gasteiger partial charge in [-0.2, -0.15) is 0 Å². The first-order chi connectivity index (χ1) is 12.7. The Morgan fingerprint density at radius 3 is 2.59 bits per heavy atom. The molecule has 2 aromatic carbocycles. The van der Waals surface area contributed by atoms with Crippen molar-refractivity contribution in [3.05, 3.63) is 64.7 Å². The number of benzene rings is 2. The lowest BCUT2D eigenvalue weighted by Gasteiger charge is -2.22. The van der Waals surface area contributed by atoms with Gasteiger partial charge in [0.1, 0.15) is 11.6 Å². The Balaban J connectivity index is 2.06. The number of rotatable bonds is 4. The highest BCUT2D eigenvalue weighted by Crippen LogP contribution is 2.27. The molecule has 4 nitrogen and oxygen atoms in total. The molecule has 3 aromatic rings. The maximum absolute atomic E-state index is 14.4. The van der Waals surface area contributed by atoms with E-state index in [1.165, 1.54) is 6.07 Å². The molecule has 0 bridgehead atoms. The first-order valence-electron chi connectivity index (χ1n) is 8.87. The topological polar surface area (TPSA) is 46.9 Å². The molecule has 0 aliphatic carbocycles. The molecule has 6 heteroatoms. The molecule has 1 atom stereocenters. The molecule has 27 heavy (non-hydrogen) atoms. The highest BCUT2D eigenvalue weighted by Gasteiger charge is 2.26. The lowest BCUT2D eigenvalue weighted by Crippen LogP contribution is -2.37. The lowest BCUT2D eigenvalue weighted by molar-refractivity contribution is -0.129. The van der Waals surface area contributed by atoms with Crippen molar-refractivity contribution in [3.63, 3.8) is 0 Å². The third kappa shape index (κ3) is 3.98. The molecular weight excluding hydrogens is 365 g/mol. The summed E-state index contributed by atoms with van der Waals surface area (Å²) < 4.78 is 16.3. The van der Waals surface area contributed by atoms with E-state index in [4.69, 9.17) is 11.6 Å². The number of halogens is 2. The predicted molar refractivity (Wildman–Crippen MR) is 106 cm³/mol. The fourth-order valence-electron chi connectivity index (χ4n) is 2.91. The molecule has 0 spiro atoms. The second kappa shape index (κ2) is 7.31. The van der Waals surface area contributed by atoms with Gasteiger partial charge < -0.3 is 9.88 Å². The van der Waals surface area contributed by atoms with Crippen molar-refractivity contribution in [3.8, 4) is 0 Å². The van der Waals surface area contributed by atoms with Gasteiger partial charge in [-0.3, -0.25) is 4.79 Å². The summed E-state index contributed by atoms with van der Waals surface area (Å²) in [5, 5.41) is 3.37. The SMILES string of the molecule is CC(NC(=O)C(C)(C)C)c1nc2ccccc2n1Cc1c(F)cccc1Cl. The second-order valence-corrected chi connectivity index (χ2v) is 8.10. The molecule has 0 saturated heterocycles. The monoisotopic (exact) mass is 387 g/mol. The van der Waals surface area contributed by atoms with Crippen LogP contribution in [0.1, 0.15) is 45.1 Å². The molecule has 1 N–H and O–H groups in total. The average Bonchev–Trinajstić information content (AvgIpc) is 2.96. The van der Waals surface area contributed by atoms with E-state index in [0.29, 0.717) is 16.4 Å². The van der Waals surface area contributed by atoms with Crippen molar-refractivity contribution in [2.24, 2.45) is 5.41 Å². The molecule has 0 aliphatic rings. The van der Waals surface area contributed by atoms with Gasteiger partial charge in [-0.1, -0.05) is 50.6 Å². The third-order valence-electron chi connectivity index (χ3n) is 4.48. The smallest absolute Gasteiger partial charge is 0.225 e. The fourth-order valence-corrected chi connectivity index (χ4v) is 3.13. The van der Waals surface area contributed by atoms with E-state index in [9.17, 15) is 9.18 Å². The summed E-state index contributed by atoms with van der Waals surface area (Å²) >= 11 is 6.23. The van der Waals surface area contributed by atoms with E-state index < -0.39 is 5.41 Å². The van der Waals surface area contributed by atoms with E-state index in [1.807, 2.05) is 56.5 Å². The van der Waals surface area contributed by atoms with Crippen molar-refractivity contribution in [1.29, 1.82) is 0 Å². The molecule has 0 radical (unpaired) electrons. The summed E-state index contributed by atoms with van der Waals surface area (Å²) in [7, 11) is 0. The van der Waals surface area contributed by atoms with Gasteiger partial charge in [0.05, 0.1) is 23.6 Å². The number of carbonyl (C=O) groups excluding carboxylic acids is 1. The standard InChI is InChI=1S/C21H23ClFN3O/c1-13(24-20(27)21(2,3)4)19-25-17-10-5-6-11-18(17)26(19)12-14-15(22)8-7-9-16(14)23/h5-11,13H,12H2,1-4H3,(H,24,27). The Kier molecular flexibility index (Phi) is 5.24. The van der Waals surface area contributed by atoms with Crippen LogP contribution in [0.2, 0.25) is 5.02 Å². The first-order valence-corrected chi connectivity index (χ1v) is 9.25. The molecule has 1 unspecified atom stereocenters. The average molecular weight is 388 g/mol. The van der Waals surface area contributed by atoms with Crippen LogP contribution in [0.5, 0.6) is 0 Å². The zero-order valence-electron chi connectivity index (χ0n) is 15.9. The van der Waals surface area contributed by atoms with Gasteiger partial charge in [0.15, 0.2) is 0 Å². The van der Waals surface area contributed by atoms with E-state index in [2.05, 4.69) is 10.3 Å². The molecule has 3 rings (SSSR count). The Bertz CT molecular complexity index is 970. The summed E-state index contributed by atoms with van der Waals surface area (Å²) in [5.41, 5.74) is 1.54. The van der Waals surface area contributed by atoms with Crippen molar-refractivity contribution in [2.45, 2.75) is 40.3 Å². The van der Waals surface area contributed by atoms with Gasteiger partial charge in [-0.25, -0.2) is 9.37 Å². The molecule has 0 saturated carbocycles. The van der Waals surface area contributed by atoms with Gasteiger partial charge in [-0.05, 0) is 31.2 Å². The van der Waals surface area contributed by atoms with Crippen molar-refractivity contribution >= 4 is 28.5 Å². The third-order valence-corrected chi connectivity index (χ3v) is 4.83. The number of nitrogens with one attached hydrogen (secondary N) is 1. The van der Waals surface area contributed by atoms with Crippen LogP contribution in [0, 0.1) is 11.2 Å². The summed E-state index contributed by atoms with van der Waals surface area (Å²) in [6, 6.07) is 11.9. The largest absolute Gasteiger partial charge is 0.346 e. The quantitative estimate of drug-likeness (QED) is 0.676. The van der Waals surface area contributed by atoms with Crippen LogP contribution in [0.4, 0.5) is 4.39 Å². The van der Waals surface area contributed by atoms with E-state index in [1.54, 1.807) is 12.1 Å². The van der Waals surface area contributed by atoms with Crippen molar-refractivity contribution in [1.82, 2.24) is 14.9 Å². The molecule has 0 aliphatic heterocycles. The van der Waals surface area contributed by atoms with Crippen LogP contribution >= 0.6 is 11.6 Å². The Morgan fingerprint density at radius 1 is 1.22 bits per heavy atom. The second-order valence-electron chi connectivity index (χ2n) is 7.69. The minimum Gasteiger partial charge on any atom is -0.346 e. The Labute approximate surface area is 163 Å². The van der Waals surface area contributed by atoms with Crippen LogP contribution in [0.3, 0.4) is 0 Å². The summed E-state index contributed by atoms with van der Waals surface area (Å²) in [6.45, 7) is 7.69. The minimum absolute atomic E-state index is 0.0717.